The molecule has 1 fully saturated rings. The zero-order valence-electron chi connectivity index (χ0n) is 12.1. The molecule has 1 amide bonds. The summed E-state index contributed by atoms with van der Waals surface area (Å²) in [6.07, 6.45) is 2.23. The monoisotopic (exact) mass is 280 g/mol. The summed E-state index contributed by atoms with van der Waals surface area (Å²) in [5, 5.41) is 3.39. The quantitative estimate of drug-likeness (QED) is 0.929. The van der Waals surface area contributed by atoms with E-state index in [-0.39, 0.29) is 5.91 Å². The fraction of sp³-hybridized carbons (Fsp3) is 0.278. The highest BCUT2D eigenvalue weighted by molar-refractivity contribution is 5.99. The van der Waals surface area contributed by atoms with Crippen molar-refractivity contribution in [3.8, 4) is 0 Å². The minimum atomic E-state index is 0.142. The number of nitrogens with zero attached hydrogens (tertiary/aromatic N) is 1. The molecule has 0 radical (unpaired) electrons. The Morgan fingerprint density at radius 3 is 2.38 bits per heavy atom. The van der Waals surface area contributed by atoms with E-state index in [1.54, 1.807) is 0 Å². The van der Waals surface area contributed by atoms with Gasteiger partial charge in [-0.2, -0.15) is 0 Å². The maximum Gasteiger partial charge on any atom is 0.255 e. The first-order valence-corrected chi connectivity index (χ1v) is 7.51. The summed E-state index contributed by atoms with van der Waals surface area (Å²) in [6.45, 7) is 2.49. The van der Waals surface area contributed by atoms with Crippen LogP contribution >= 0.6 is 0 Å². The summed E-state index contributed by atoms with van der Waals surface area (Å²) in [7, 11) is 0. The molecule has 2 aromatic rings. The average Bonchev–Trinajstić information content (AvgIpc) is 3.08. The summed E-state index contributed by atoms with van der Waals surface area (Å²) >= 11 is 0. The molecule has 108 valence electrons. The molecule has 0 aliphatic carbocycles. The van der Waals surface area contributed by atoms with Crippen molar-refractivity contribution in [1.29, 1.82) is 0 Å². The molecule has 3 nitrogen and oxygen atoms in total. The summed E-state index contributed by atoms with van der Waals surface area (Å²) < 4.78 is 0. The molecule has 21 heavy (non-hydrogen) atoms. The van der Waals surface area contributed by atoms with Crippen molar-refractivity contribution in [1.82, 2.24) is 4.90 Å². The second-order valence-corrected chi connectivity index (χ2v) is 5.38. The van der Waals surface area contributed by atoms with Crippen molar-refractivity contribution < 1.29 is 4.79 Å². The zero-order chi connectivity index (χ0) is 14.5. The Kier molecular flexibility index (Phi) is 4.20. The first-order valence-electron chi connectivity index (χ1n) is 7.51. The van der Waals surface area contributed by atoms with Gasteiger partial charge in [-0.05, 0) is 30.5 Å². The zero-order valence-corrected chi connectivity index (χ0v) is 12.1. The van der Waals surface area contributed by atoms with E-state index < -0.39 is 0 Å². The van der Waals surface area contributed by atoms with E-state index in [2.05, 4.69) is 17.4 Å². The summed E-state index contributed by atoms with van der Waals surface area (Å²) in [5.41, 5.74) is 2.90. The molecule has 0 unspecified atom stereocenters. The fourth-order valence-corrected chi connectivity index (χ4v) is 2.71. The van der Waals surface area contributed by atoms with Gasteiger partial charge in [0.25, 0.3) is 5.91 Å². The molecule has 1 aliphatic rings. The maximum atomic E-state index is 12.6. The lowest BCUT2D eigenvalue weighted by Crippen LogP contribution is -2.28. The third-order valence-corrected chi connectivity index (χ3v) is 3.88. The predicted octanol–water partition coefficient (Wildman–Crippen LogP) is 3.53. The Bertz CT molecular complexity index is 604. The summed E-state index contributed by atoms with van der Waals surface area (Å²) in [5.74, 6) is 0.142. The van der Waals surface area contributed by atoms with Gasteiger partial charge in [0.2, 0.25) is 0 Å². The Labute approximate surface area is 125 Å². The number of likely N-dealkylation sites (tertiary alicyclic amines) is 1. The number of amides is 1. The van der Waals surface area contributed by atoms with Crippen LogP contribution in [0.2, 0.25) is 0 Å². The second-order valence-electron chi connectivity index (χ2n) is 5.38. The fourth-order valence-electron chi connectivity index (χ4n) is 2.71. The third kappa shape index (κ3) is 3.24. The molecule has 0 aromatic heterocycles. The maximum absolute atomic E-state index is 12.6. The Balaban J connectivity index is 1.74. The van der Waals surface area contributed by atoms with E-state index in [1.807, 2.05) is 47.4 Å². The average molecular weight is 280 g/mol. The molecule has 1 aliphatic heterocycles. The van der Waals surface area contributed by atoms with Gasteiger partial charge in [-0.25, -0.2) is 0 Å². The minimum absolute atomic E-state index is 0.142. The molecule has 1 heterocycles. The molecule has 0 atom stereocenters. The number of carbonyl (C=O) groups is 1. The number of benzene rings is 2. The minimum Gasteiger partial charge on any atom is -0.380 e. The van der Waals surface area contributed by atoms with Gasteiger partial charge in [0.15, 0.2) is 0 Å². The van der Waals surface area contributed by atoms with Crippen LogP contribution in [-0.2, 0) is 6.54 Å². The van der Waals surface area contributed by atoms with Crippen LogP contribution in [0, 0.1) is 0 Å². The molecule has 1 N–H and O–H groups in total. The number of anilines is 1. The molecular weight excluding hydrogens is 260 g/mol. The summed E-state index contributed by atoms with van der Waals surface area (Å²) in [6, 6.07) is 18.0. The van der Waals surface area contributed by atoms with Gasteiger partial charge in [0.1, 0.15) is 0 Å². The highest BCUT2D eigenvalue weighted by Gasteiger charge is 2.21. The predicted molar refractivity (Wildman–Crippen MR) is 85.3 cm³/mol. The van der Waals surface area contributed by atoms with Crippen molar-refractivity contribution in [2.75, 3.05) is 18.4 Å². The topological polar surface area (TPSA) is 32.3 Å². The highest BCUT2D eigenvalue weighted by atomic mass is 16.2. The Morgan fingerprint density at radius 1 is 0.952 bits per heavy atom. The largest absolute Gasteiger partial charge is 0.380 e. The smallest absolute Gasteiger partial charge is 0.255 e. The second kappa shape index (κ2) is 6.44. The van der Waals surface area contributed by atoms with Crippen LogP contribution in [0.15, 0.2) is 54.6 Å². The lowest BCUT2D eigenvalue weighted by atomic mass is 10.1. The molecule has 3 heteroatoms. The number of hydrogen-bond donors (Lipinski definition) is 1. The molecule has 3 rings (SSSR count). The number of carbonyl (C=O) groups excluding carboxylic acids is 1. The third-order valence-electron chi connectivity index (χ3n) is 3.88. The van der Waals surface area contributed by atoms with Crippen LogP contribution in [0.3, 0.4) is 0 Å². The number of para-hydroxylation sites is 1. The van der Waals surface area contributed by atoms with E-state index in [0.29, 0.717) is 0 Å². The number of hydrogen-bond acceptors (Lipinski definition) is 2. The van der Waals surface area contributed by atoms with E-state index in [4.69, 9.17) is 0 Å². The van der Waals surface area contributed by atoms with Crippen molar-refractivity contribution in [2.45, 2.75) is 19.4 Å². The molecule has 1 saturated heterocycles. The van der Waals surface area contributed by atoms with Gasteiger partial charge in [-0.3, -0.25) is 4.79 Å². The standard InChI is InChI=1S/C18H20N2O/c21-18(20-12-6-7-13-20)16-10-4-5-11-17(16)19-14-15-8-2-1-3-9-15/h1-5,8-11,19H,6-7,12-14H2. The summed E-state index contributed by atoms with van der Waals surface area (Å²) in [4.78, 5) is 14.5. The van der Waals surface area contributed by atoms with Crippen LogP contribution in [0.5, 0.6) is 0 Å². The first kappa shape index (κ1) is 13.7. The number of rotatable bonds is 4. The van der Waals surface area contributed by atoms with Crippen molar-refractivity contribution in [3.63, 3.8) is 0 Å². The van der Waals surface area contributed by atoms with Crippen molar-refractivity contribution >= 4 is 11.6 Å². The normalized spacial score (nSPS) is 14.2. The van der Waals surface area contributed by atoms with E-state index in [9.17, 15) is 4.79 Å². The molecule has 0 saturated carbocycles. The van der Waals surface area contributed by atoms with Crippen LogP contribution in [-0.4, -0.2) is 23.9 Å². The molecule has 0 bridgehead atoms. The molecular formula is C18H20N2O. The van der Waals surface area contributed by atoms with Crippen LogP contribution in [0.4, 0.5) is 5.69 Å². The lowest BCUT2D eigenvalue weighted by molar-refractivity contribution is 0.0793. The van der Waals surface area contributed by atoms with E-state index in [1.165, 1.54) is 5.56 Å². The highest BCUT2D eigenvalue weighted by Crippen LogP contribution is 2.20. The van der Waals surface area contributed by atoms with Gasteiger partial charge < -0.3 is 10.2 Å². The first-order chi connectivity index (χ1) is 10.3. The van der Waals surface area contributed by atoms with E-state index in [0.717, 1.165) is 43.7 Å². The van der Waals surface area contributed by atoms with Crippen molar-refractivity contribution in [2.24, 2.45) is 0 Å². The van der Waals surface area contributed by atoms with Crippen LogP contribution in [0.25, 0.3) is 0 Å². The Hall–Kier alpha value is -2.29. The SMILES string of the molecule is O=C(c1ccccc1NCc1ccccc1)N1CCCC1. The van der Waals surface area contributed by atoms with Crippen molar-refractivity contribution in [3.05, 3.63) is 65.7 Å². The molecule has 0 spiro atoms. The van der Waals surface area contributed by atoms with Gasteiger partial charge in [0, 0.05) is 25.3 Å². The lowest BCUT2D eigenvalue weighted by Gasteiger charge is -2.18. The number of nitrogens with one attached hydrogen (secondary N) is 1. The van der Waals surface area contributed by atoms with Gasteiger partial charge in [0.05, 0.1) is 5.56 Å². The van der Waals surface area contributed by atoms with Gasteiger partial charge >= 0.3 is 0 Å². The van der Waals surface area contributed by atoms with E-state index >= 15 is 0 Å². The Morgan fingerprint density at radius 2 is 1.62 bits per heavy atom. The van der Waals surface area contributed by atoms with Gasteiger partial charge in [-0.1, -0.05) is 42.5 Å². The van der Waals surface area contributed by atoms with Gasteiger partial charge in [-0.15, -0.1) is 0 Å². The van der Waals surface area contributed by atoms with Crippen LogP contribution < -0.4 is 5.32 Å². The molecule has 2 aromatic carbocycles. The van der Waals surface area contributed by atoms with Crippen LogP contribution in [0.1, 0.15) is 28.8 Å².